The van der Waals surface area contributed by atoms with Gasteiger partial charge in [-0.25, -0.2) is 0 Å². The highest BCUT2D eigenvalue weighted by Crippen LogP contribution is 2.65. The van der Waals surface area contributed by atoms with Gasteiger partial charge in [-0.15, -0.1) is 0 Å². The molecule has 2 unspecified atom stereocenters. The van der Waals surface area contributed by atoms with Crippen LogP contribution < -0.4 is 0 Å². The van der Waals surface area contributed by atoms with Gasteiger partial charge in [-0.2, -0.15) is 0 Å². The summed E-state index contributed by atoms with van der Waals surface area (Å²) in [5.74, 6) is 0.689. The molecule has 2 aliphatic heterocycles. The number of ether oxygens (including phenoxy) is 2. The summed E-state index contributed by atoms with van der Waals surface area (Å²) in [6, 6.07) is 6.36. The fourth-order valence-electron chi connectivity index (χ4n) is 4.08. The summed E-state index contributed by atoms with van der Waals surface area (Å²) in [5, 5.41) is 0. The van der Waals surface area contributed by atoms with Gasteiger partial charge in [0, 0.05) is 4.47 Å². The highest BCUT2D eigenvalue weighted by Gasteiger charge is 2.79. The lowest BCUT2D eigenvalue weighted by atomic mass is 9.80. The molecule has 3 fully saturated rings. The van der Waals surface area contributed by atoms with Gasteiger partial charge in [-0.05, 0) is 69.7 Å². The summed E-state index contributed by atoms with van der Waals surface area (Å²) < 4.78 is 13.2. The van der Waals surface area contributed by atoms with Crippen molar-refractivity contribution < 1.29 is 14.3 Å². The van der Waals surface area contributed by atoms with Crippen LogP contribution in [0.2, 0.25) is 0 Å². The van der Waals surface area contributed by atoms with Crippen molar-refractivity contribution in [3.63, 3.8) is 0 Å². The van der Waals surface area contributed by atoms with Gasteiger partial charge >= 0.3 is 0 Å². The maximum Gasteiger partial charge on any atom is 0.201 e. The molecule has 0 radical (unpaired) electrons. The third-order valence-corrected chi connectivity index (χ3v) is 5.75. The number of benzene rings is 1. The predicted octanol–water partition coefficient (Wildman–Crippen LogP) is 4.29. The van der Waals surface area contributed by atoms with Crippen LogP contribution in [0.5, 0.6) is 0 Å². The number of rotatable bonds is 2. The third kappa shape index (κ3) is 1.84. The zero-order valence-electron chi connectivity index (χ0n) is 13.4. The van der Waals surface area contributed by atoms with Crippen LogP contribution in [0, 0.1) is 0 Å². The molecule has 0 N–H and O–H groups in total. The van der Waals surface area contributed by atoms with Crippen molar-refractivity contribution in [3.8, 4) is 0 Å². The summed E-state index contributed by atoms with van der Waals surface area (Å²) in [6.07, 6.45) is 2.27. The summed E-state index contributed by atoms with van der Waals surface area (Å²) in [6.45, 7) is 7.61. The first kappa shape index (κ1) is 14.9. The van der Waals surface area contributed by atoms with Crippen molar-refractivity contribution in [2.75, 3.05) is 0 Å². The summed E-state index contributed by atoms with van der Waals surface area (Å²) in [4.78, 5) is 12.9. The van der Waals surface area contributed by atoms with Gasteiger partial charge in [-0.1, -0.05) is 22.0 Å². The van der Waals surface area contributed by atoms with Crippen LogP contribution in [-0.4, -0.2) is 22.6 Å². The molecule has 3 nitrogen and oxygen atoms in total. The number of Topliss-reactive ketones (excluding diaryl/α,β-unsaturated/α-hetero) is 1. The lowest BCUT2D eigenvalue weighted by Gasteiger charge is -2.24. The van der Waals surface area contributed by atoms with E-state index in [1.807, 2.05) is 27.7 Å². The number of ketones is 1. The van der Waals surface area contributed by atoms with E-state index in [0.29, 0.717) is 5.92 Å². The Hall–Kier alpha value is -0.710. The van der Waals surface area contributed by atoms with Crippen molar-refractivity contribution in [2.24, 2.45) is 0 Å². The van der Waals surface area contributed by atoms with Gasteiger partial charge in [0.05, 0.1) is 0 Å². The predicted molar refractivity (Wildman–Crippen MR) is 86.9 cm³/mol. The summed E-state index contributed by atoms with van der Waals surface area (Å²) in [5.41, 5.74) is 0.254. The van der Waals surface area contributed by atoms with Crippen LogP contribution in [0.4, 0.5) is 0 Å². The van der Waals surface area contributed by atoms with E-state index in [0.717, 1.165) is 10.0 Å². The van der Waals surface area contributed by atoms with E-state index in [1.165, 1.54) is 18.4 Å². The van der Waals surface area contributed by atoms with Crippen molar-refractivity contribution >= 4 is 21.7 Å². The first-order valence-corrected chi connectivity index (χ1v) is 8.70. The minimum atomic E-state index is -0.832. The van der Waals surface area contributed by atoms with Gasteiger partial charge in [0.1, 0.15) is 17.3 Å². The van der Waals surface area contributed by atoms with E-state index in [1.54, 1.807) is 0 Å². The van der Waals surface area contributed by atoms with Crippen molar-refractivity contribution in [1.29, 1.82) is 0 Å². The Morgan fingerprint density at radius 1 is 1.14 bits per heavy atom. The maximum absolute atomic E-state index is 12.9. The minimum Gasteiger partial charge on any atom is -0.358 e. The molecule has 2 heterocycles. The Morgan fingerprint density at radius 3 is 2.36 bits per heavy atom. The number of carbonyl (C=O) groups is 1. The molecule has 0 amide bonds. The van der Waals surface area contributed by atoms with E-state index in [9.17, 15) is 4.79 Å². The standard InChI is InChI=1S/C18H21BrO3/c1-16(2)15(20)18(17(3,4)22-16)14(21-18)13-9-11(19)7-8-12(13)10-5-6-10/h7-10,14H,5-6H2,1-4H3. The quantitative estimate of drug-likeness (QED) is 0.734. The van der Waals surface area contributed by atoms with E-state index < -0.39 is 16.8 Å². The number of hydrogen-bond acceptors (Lipinski definition) is 3. The molecule has 1 spiro atoms. The molecule has 1 aromatic rings. The lowest BCUT2D eigenvalue weighted by Crippen LogP contribution is -2.41. The SMILES string of the molecule is CC1(C)OC(C)(C)C2(OC2c2cc(Br)ccc2C2CC2)C1=O. The number of carbonyl (C=O) groups excluding carboxylic acids is 1. The molecular formula is C18H21BrO3. The van der Waals surface area contributed by atoms with Crippen LogP contribution >= 0.6 is 15.9 Å². The smallest absolute Gasteiger partial charge is 0.201 e. The van der Waals surface area contributed by atoms with E-state index in [-0.39, 0.29) is 11.9 Å². The van der Waals surface area contributed by atoms with Crippen LogP contribution in [0.15, 0.2) is 22.7 Å². The molecule has 118 valence electrons. The maximum atomic E-state index is 12.9. The van der Waals surface area contributed by atoms with Crippen molar-refractivity contribution in [3.05, 3.63) is 33.8 Å². The Kier molecular flexibility index (Phi) is 2.85. The molecule has 0 aromatic heterocycles. The molecule has 1 aliphatic carbocycles. The third-order valence-electron chi connectivity index (χ3n) is 5.25. The van der Waals surface area contributed by atoms with E-state index in [2.05, 4.69) is 34.1 Å². The molecule has 2 saturated heterocycles. The summed E-state index contributed by atoms with van der Waals surface area (Å²) in [7, 11) is 0. The Bertz CT molecular complexity index is 675. The van der Waals surface area contributed by atoms with Gasteiger partial charge in [0.15, 0.2) is 5.60 Å². The normalized spacial score (nSPS) is 35.1. The molecule has 1 aromatic carbocycles. The van der Waals surface area contributed by atoms with E-state index >= 15 is 0 Å². The molecule has 22 heavy (non-hydrogen) atoms. The van der Waals surface area contributed by atoms with Gasteiger partial charge in [-0.3, -0.25) is 4.79 Å². The average molecular weight is 365 g/mol. The molecule has 4 heteroatoms. The van der Waals surface area contributed by atoms with Crippen LogP contribution in [0.3, 0.4) is 0 Å². The largest absolute Gasteiger partial charge is 0.358 e. The van der Waals surface area contributed by atoms with Gasteiger partial charge in [0.25, 0.3) is 0 Å². The van der Waals surface area contributed by atoms with Crippen LogP contribution in [0.25, 0.3) is 0 Å². The first-order valence-electron chi connectivity index (χ1n) is 7.91. The monoisotopic (exact) mass is 364 g/mol. The first-order chi connectivity index (χ1) is 10.2. The van der Waals surface area contributed by atoms with Crippen LogP contribution in [0.1, 0.15) is 63.7 Å². The second-order valence-corrected chi connectivity index (χ2v) is 8.65. The van der Waals surface area contributed by atoms with E-state index in [4.69, 9.17) is 9.47 Å². The fraction of sp³-hybridized carbons (Fsp3) is 0.611. The summed E-state index contributed by atoms with van der Waals surface area (Å²) >= 11 is 3.55. The average Bonchev–Trinajstić information content (AvgIpc) is 3.28. The Labute approximate surface area is 139 Å². The van der Waals surface area contributed by atoms with Crippen molar-refractivity contribution in [2.45, 2.75) is 69.4 Å². The highest BCUT2D eigenvalue weighted by molar-refractivity contribution is 9.10. The zero-order chi connectivity index (χ0) is 15.9. The second-order valence-electron chi connectivity index (χ2n) is 7.73. The fourth-order valence-corrected chi connectivity index (χ4v) is 4.46. The second kappa shape index (κ2) is 4.22. The number of hydrogen-bond donors (Lipinski definition) is 0. The topological polar surface area (TPSA) is 38.8 Å². The minimum absolute atomic E-state index is 0.0664. The molecular weight excluding hydrogens is 344 g/mol. The Morgan fingerprint density at radius 2 is 1.82 bits per heavy atom. The van der Waals surface area contributed by atoms with Gasteiger partial charge < -0.3 is 9.47 Å². The number of epoxide rings is 1. The Balaban J connectivity index is 1.78. The zero-order valence-corrected chi connectivity index (χ0v) is 15.0. The molecule has 0 bridgehead atoms. The highest BCUT2D eigenvalue weighted by atomic mass is 79.9. The molecule has 2 atom stereocenters. The van der Waals surface area contributed by atoms with Crippen molar-refractivity contribution in [1.82, 2.24) is 0 Å². The molecule has 1 saturated carbocycles. The lowest BCUT2D eigenvalue weighted by molar-refractivity contribution is -0.132. The van der Waals surface area contributed by atoms with Gasteiger partial charge in [0.2, 0.25) is 5.78 Å². The molecule has 4 rings (SSSR count). The van der Waals surface area contributed by atoms with Crippen LogP contribution in [-0.2, 0) is 14.3 Å². The molecule has 3 aliphatic rings. The number of halogens is 1.